The van der Waals surface area contributed by atoms with Gasteiger partial charge in [-0.25, -0.2) is 9.37 Å². The molecule has 0 radical (unpaired) electrons. The van der Waals surface area contributed by atoms with Crippen LogP contribution in [0.25, 0.3) is 0 Å². The summed E-state index contributed by atoms with van der Waals surface area (Å²) >= 11 is 1.04. The third-order valence-corrected chi connectivity index (χ3v) is 3.86. The molecule has 1 amide bonds. The first-order valence-corrected chi connectivity index (χ1v) is 6.89. The smallest absolute Gasteiger partial charge is 0.322 e. The highest BCUT2D eigenvalue weighted by molar-refractivity contribution is 7.13. The third-order valence-electron chi connectivity index (χ3n) is 2.67. The van der Waals surface area contributed by atoms with Gasteiger partial charge in [-0.05, 0) is 25.1 Å². The van der Waals surface area contributed by atoms with E-state index >= 15 is 0 Å². The SMILES string of the molecule is CC(N)c1ncc(C(=O)Nc2ccc(F)c(C(F)(F)F)c2)s1. The number of anilines is 1. The first-order chi connectivity index (χ1) is 10.2. The second-order valence-corrected chi connectivity index (χ2v) is 5.56. The van der Waals surface area contributed by atoms with Crippen LogP contribution in [0.15, 0.2) is 24.4 Å². The van der Waals surface area contributed by atoms with Crippen LogP contribution in [0.3, 0.4) is 0 Å². The molecule has 1 unspecified atom stereocenters. The maximum Gasteiger partial charge on any atom is 0.419 e. The fourth-order valence-electron chi connectivity index (χ4n) is 1.62. The minimum Gasteiger partial charge on any atom is -0.322 e. The van der Waals surface area contributed by atoms with Crippen LogP contribution in [0, 0.1) is 5.82 Å². The van der Waals surface area contributed by atoms with Crippen LogP contribution in [0.5, 0.6) is 0 Å². The van der Waals surface area contributed by atoms with Gasteiger partial charge in [-0.3, -0.25) is 4.79 Å². The van der Waals surface area contributed by atoms with Gasteiger partial charge in [-0.1, -0.05) is 0 Å². The van der Waals surface area contributed by atoms with E-state index in [1.807, 2.05) is 0 Å². The van der Waals surface area contributed by atoms with Crippen LogP contribution in [0.4, 0.5) is 23.2 Å². The molecule has 0 saturated carbocycles. The number of hydrogen-bond donors (Lipinski definition) is 2. The molecule has 0 saturated heterocycles. The van der Waals surface area contributed by atoms with Gasteiger partial charge in [0.15, 0.2) is 0 Å². The number of aromatic nitrogens is 1. The van der Waals surface area contributed by atoms with E-state index in [1.165, 1.54) is 6.20 Å². The summed E-state index contributed by atoms with van der Waals surface area (Å²) in [7, 11) is 0. The molecule has 0 fully saturated rings. The Morgan fingerprint density at radius 3 is 2.64 bits per heavy atom. The topological polar surface area (TPSA) is 68.0 Å². The standard InChI is InChI=1S/C13H11F4N3OS/c1-6(18)12-19-5-10(22-12)11(21)20-7-2-3-9(14)8(4-7)13(15,16)17/h2-6H,18H2,1H3,(H,20,21). The van der Waals surface area contributed by atoms with Crippen molar-refractivity contribution in [3.05, 3.63) is 45.7 Å². The largest absolute Gasteiger partial charge is 0.419 e. The molecule has 0 aliphatic rings. The monoisotopic (exact) mass is 333 g/mol. The summed E-state index contributed by atoms with van der Waals surface area (Å²) in [5.74, 6) is -2.04. The minimum absolute atomic E-state index is 0.158. The molecule has 1 atom stereocenters. The van der Waals surface area contributed by atoms with Gasteiger partial charge in [0.05, 0.1) is 17.8 Å². The Morgan fingerprint density at radius 1 is 1.41 bits per heavy atom. The average molecular weight is 333 g/mol. The van der Waals surface area contributed by atoms with E-state index < -0.39 is 23.5 Å². The Bertz CT molecular complexity index is 697. The molecule has 1 aromatic carbocycles. The predicted octanol–water partition coefficient (Wildman–Crippen LogP) is 3.57. The van der Waals surface area contributed by atoms with Crippen LogP contribution in [-0.2, 0) is 6.18 Å². The lowest BCUT2D eigenvalue weighted by Crippen LogP contribution is -2.13. The number of carbonyl (C=O) groups excluding carboxylic acids is 1. The van der Waals surface area contributed by atoms with E-state index in [1.54, 1.807) is 6.92 Å². The highest BCUT2D eigenvalue weighted by Crippen LogP contribution is 2.33. The van der Waals surface area contributed by atoms with E-state index in [9.17, 15) is 22.4 Å². The van der Waals surface area contributed by atoms with Crippen LogP contribution in [0.2, 0.25) is 0 Å². The average Bonchev–Trinajstić information content (AvgIpc) is 2.89. The van der Waals surface area contributed by atoms with Gasteiger partial charge in [-0.15, -0.1) is 11.3 Å². The van der Waals surface area contributed by atoms with E-state index in [0.29, 0.717) is 17.1 Å². The Balaban J connectivity index is 2.21. The molecule has 0 bridgehead atoms. The molecule has 9 heteroatoms. The zero-order valence-corrected chi connectivity index (χ0v) is 12.1. The van der Waals surface area contributed by atoms with Crippen molar-refractivity contribution in [1.29, 1.82) is 0 Å². The van der Waals surface area contributed by atoms with Gasteiger partial charge < -0.3 is 11.1 Å². The highest BCUT2D eigenvalue weighted by atomic mass is 32.1. The van der Waals surface area contributed by atoms with Crippen molar-refractivity contribution in [2.24, 2.45) is 5.73 Å². The van der Waals surface area contributed by atoms with Gasteiger partial charge in [0.1, 0.15) is 15.7 Å². The van der Waals surface area contributed by atoms with Gasteiger partial charge in [0.25, 0.3) is 5.91 Å². The summed E-state index contributed by atoms with van der Waals surface area (Å²) in [5.41, 5.74) is 4.02. The van der Waals surface area contributed by atoms with Crippen molar-refractivity contribution in [3.8, 4) is 0 Å². The fourth-order valence-corrected chi connectivity index (χ4v) is 2.38. The van der Waals surface area contributed by atoms with Gasteiger partial charge in [-0.2, -0.15) is 13.2 Å². The first-order valence-electron chi connectivity index (χ1n) is 6.08. The summed E-state index contributed by atoms with van der Waals surface area (Å²) in [6, 6.07) is 1.89. The number of thiazole rings is 1. The summed E-state index contributed by atoms with van der Waals surface area (Å²) in [6.45, 7) is 1.69. The Morgan fingerprint density at radius 2 is 2.09 bits per heavy atom. The van der Waals surface area contributed by atoms with E-state index in [-0.39, 0.29) is 16.6 Å². The molecule has 0 aliphatic heterocycles. The molecule has 0 aliphatic carbocycles. The fraction of sp³-hybridized carbons (Fsp3) is 0.231. The molecule has 4 nitrogen and oxygen atoms in total. The number of alkyl halides is 3. The van der Waals surface area contributed by atoms with Gasteiger partial charge in [0, 0.05) is 5.69 Å². The van der Waals surface area contributed by atoms with Gasteiger partial charge >= 0.3 is 6.18 Å². The summed E-state index contributed by atoms with van der Waals surface area (Å²) < 4.78 is 51.0. The summed E-state index contributed by atoms with van der Waals surface area (Å²) in [5, 5.41) is 2.80. The number of nitrogens with one attached hydrogen (secondary N) is 1. The van der Waals surface area contributed by atoms with Crippen molar-refractivity contribution in [1.82, 2.24) is 4.98 Å². The molecule has 2 rings (SSSR count). The highest BCUT2D eigenvalue weighted by Gasteiger charge is 2.34. The van der Waals surface area contributed by atoms with Crippen LogP contribution in [-0.4, -0.2) is 10.9 Å². The first kappa shape index (κ1) is 16.4. The zero-order valence-electron chi connectivity index (χ0n) is 11.2. The molecule has 118 valence electrons. The quantitative estimate of drug-likeness (QED) is 0.844. The Labute approximate surface area is 127 Å². The van der Waals surface area contributed by atoms with Crippen molar-refractivity contribution in [2.75, 3.05) is 5.32 Å². The lowest BCUT2D eigenvalue weighted by Gasteiger charge is -2.10. The second kappa shape index (κ2) is 6.01. The number of amides is 1. The number of benzene rings is 1. The molecule has 1 heterocycles. The molecule has 0 spiro atoms. The van der Waals surface area contributed by atoms with Crippen LogP contribution in [0.1, 0.15) is 33.2 Å². The number of carbonyl (C=O) groups is 1. The molecule has 22 heavy (non-hydrogen) atoms. The van der Waals surface area contributed by atoms with Crippen LogP contribution < -0.4 is 11.1 Å². The number of rotatable bonds is 3. The summed E-state index contributed by atoms with van der Waals surface area (Å²) in [6.07, 6.45) is -3.55. The number of nitrogens with two attached hydrogens (primary N) is 1. The second-order valence-electron chi connectivity index (χ2n) is 4.50. The van der Waals surface area contributed by atoms with E-state index in [4.69, 9.17) is 5.73 Å². The number of hydrogen-bond acceptors (Lipinski definition) is 4. The van der Waals surface area contributed by atoms with Crippen LogP contribution >= 0.6 is 11.3 Å². The minimum atomic E-state index is -4.84. The van der Waals surface area contributed by atoms with Crippen molar-refractivity contribution >= 4 is 22.9 Å². The number of nitrogens with zero attached hydrogens (tertiary/aromatic N) is 1. The van der Waals surface area contributed by atoms with Crippen molar-refractivity contribution in [3.63, 3.8) is 0 Å². The van der Waals surface area contributed by atoms with E-state index in [0.717, 1.165) is 17.4 Å². The lowest BCUT2D eigenvalue weighted by molar-refractivity contribution is -0.139. The zero-order chi connectivity index (χ0) is 16.5. The van der Waals surface area contributed by atoms with Gasteiger partial charge in [0.2, 0.25) is 0 Å². The maximum absolute atomic E-state index is 13.2. The predicted molar refractivity (Wildman–Crippen MR) is 74.1 cm³/mol. The van der Waals surface area contributed by atoms with Crippen molar-refractivity contribution in [2.45, 2.75) is 19.1 Å². The molecular weight excluding hydrogens is 322 g/mol. The third kappa shape index (κ3) is 3.60. The van der Waals surface area contributed by atoms with Crippen molar-refractivity contribution < 1.29 is 22.4 Å². The lowest BCUT2D eigenvalue weighted by atomic mass is 10.2. The molecule has 1 aromatic heterocycles. The normalized spacial score (nSPS) is 13.0. The molecule has 2 aromatic rings. The maximum atomic E-state index is 13.2. The van der Waals surface area contributed by atoms with E-state index in [2.05, 4.69) is 10.3 Å². The molecular formula is C13H11F4N3OS. The number of halogens is 4. The Hall–Kier alpha value is -2.00. The Kier molecular flexibility index (Phi) is 4.47. The summed E-state index contributed by atoms with van der Waals surface area (Å²) in [4.78, 5) is 16.1. The molecule has 3 N–H and O–H groups in total.